The van der Waals surface area contributed by atoms with Gasteiger partial charge in [0, 0.05) is 36.3 Å². The van der Waals surface area contributed by atoms with Crippen LogP contribution in [0.1, 0.15) is 36.3 Å². The second-order valence-electron chi connectivity index (χ2n) is 10.9. The van der Waals surface area contributed by atoms with Crippen molar-refractivity contribution >= 4 is 49.5 Å². The lowest BCUT2D eigenvalue weighted by Crippen LogP contribution is -2.43. The molecule has 0 bridgehead atoms. The van der Waals surface area contributed by atoms with Crippen LogP contribution >= 0.6 is 11.3 Å². The molecule has 0 atom stereocenters. The fourth-order valence-electron chi connectivity index (χ4n) is 5.66. The summed E-state index contributed by atoms with van der Waals surface area (Å²) in [7, 11) is 1.89. The highest BCUT2D eigenvalue weighted by Gasteiger charge is 2.54. The number of nitrogens with one attached hydrogen (secondary N) is 1. The summed E-state index contributed by atoms with van der Waals surface area (Å²) in [6, 6.07) is 7.66. The molecule has 1 aromatic carbocycles. The van der Waals surface area contributed by atoms with Crippen molar-refractivity contribution in [3.8, 4) is 17.0 Å². The summed E-state index contributed by atoms with van der Waals surface area (Å²) in [6.07, 6.45) is 8.26. The Morgan fingerprint density at radius 1 is 1.10 bits per heavy atom. The molecule has 1 aliphatic heterocycles. The Hall–Kier alpha value is -3.61. The number of thiazole rings is 1. The average Bonchev–Trinajstić information content (AvgIpc) is 3.46. The molecule has 6 rings (SSSR count). The number of likely N-dealkylation sites (N-methyl/N-ethyl adjacent to an activating group) is 1. The standard InChI is InChI=1S/C29H32N6O4S2/c1-18-30-17-25(40-18)41(37,38)33-23-14-20(15-32-27(23)39-12-6-11-34(2)3)19-7-8-22-21(13-19)26-24(16-31-22)35(4)28(36)29(26)9-5-10-29/h7-8,13-17,33H,5-6,9-12H2,1-4H3. The normalized spacial score (nSPS) is 15.9. The number of carbonyl (C=O) groups is 1. The van der Waals surface area contributed by atoms with E-state index >= 15 is 0 Å². The number of aromatic nitrogens is 3. The third-order valence-electron chi connectivity index (χ3n) is 7.89. The number of ether oxygens (including phenoxy) is 1. The van der Waals surface area contributed by atoms with Crippen LogP contribution in [0.3, 0.4) is 0 Å². The van der Waals surface area contributed by atoms with Crippen molar-refractivity contribution in [2.75, 3.05) is 43.9 Å². The molecule has 4 heterocycles. The summed E-state index contributed by atoms with van der Waals surface area (Å²) < 4.78 is 35.2. The lowest BCUT2D eigenvalue weighted by molar-refractivity contribution is -0.125. The van der Waals surface area contributed by atoms with Gasteiger partial charge in [-0.15, -0.1) is 11.3 Å². The molecule has 1 spiro atoms. The number of hydrogen-bond donors (Lipinski definition) is 1. The van der Waals surface area contributed by atoms with Crippen molar-refractivity contribution in [1.29, 1.82) is 0 Å². The highest BCUT2D eigenvalue weighted by Crippen LogP contribution is 2.55. The maximum atomic E-state index is 13.2. The quantitative estimate of drug-likeness (QED) is 0.281. The fraction of sp³-hybridized carbons (Fsp3) is 0.379. The summed E-state index contributed by atoms with van der Waals surface area (Å²) in [5.41, 5.74) is 4.02. The topological polar surface area (TPSA) is 118 Å². The van der Waals surface area contributed by atoms with Crippen LogP contribution in [0.2, 0.25) is 0 Å². The molecular formula is C29H32N6O4S2. The SMILES string of the molecule is Cc1ncc(S(=O)(=O)Nc2cc(-c3ccc4ncc5c(c4c3)C3(CCC3)C(=O)N5C)cnc2OCCCN(C)C)s1. The molecule has 0 radical (unpaired) electrons. The summed E-state index contributed by atoms with van der Waals surface area (Å²) in [6.45, 7) is 2.97. The van der Waals surface area contributed by atoms with Crippen LogP contribution in [0.25, 0.3) is 22.0 Å². The monoisotopic (exact) mass is 592 g/mol. The van der Waals surface area contributed by atoms with Gasteiger partial charge >= 0.3 is 0 Å². The van der Waals surface area contributed by atoms with Gasteiger partial charge in [0.15, 0.2) is 4.21 Å². The zero-order valence-corrected chi connectivity index (χ0v) is 25.1. The number of rotatable bonds is 9. The minimum Gasteiger partial charge on any atom is -0.476 e. The molecule has 0 unspecified atom stereocenters. The van der Waals surface area contributed by atoms with Gasteiger partial charge in [-0.05, 0) is 64.0 Å². The third kappa shape index (κ3) is 4.83. The zero-order chi connectivity index (χ0) is 28.9. The number of sulfonamides is 1. The number of amides is 1. The predicted molar refractivity (Wildman–Crippen MR) is 160 cm³/mol. The van der Waals surface area contributed by atoms with Crippen LogP contribution < -0.4 is 14.4 Å². The van der Waals surface area contributed by atoms with Gasteiger partial charge in [-0.3, -0.25) is 14.5 Å². The van der Waals surface area contributed by atoms with Crippen molar-refractivity contribution < 1.29 is 17.9 Å². The minimum atomic E-state index is -3.90. The first-order valence-electron chi connectivity index (χ1n) is 13.5. The van der Waals surface area contributed by atoms with Crippen LogP contribution in [0.5, 0.6) is 5.88 Å². The first kappa shape index (κ1) is 27.6. The molecule has 4 aromatic rings. The van der Waals surface area contributed by atoms with Gasteiger partial charge in [0.1, 0.15) is 5.69 Å². The number of fused-ring (bicyclic) bond motifs is 4. The number of nitrogens with zero attached hydrogens (tertiary/aromatic N) is 5. The van der Waals surface area contributed by atoms with Gasteiger partial charge in [-0.1, -0.05) is 12.5 Å². The van der Waals surface area contributed by atoms with Crippen LogP contribution in [0.15, 0.2) is 47.1 Å². The zero-order valence-electron chi connectivity index (χ0n) is 23.5. The summed E-state index contributed by atoms with van der Waals surface area (Å²) >= 11 is 1.10. The van der Waals surface area contributed by atoms with E-state index in [0.29, 0.717) is 17.2 Å². The minimum absolute atomic E-state index is 0.117. The van der Waals surface area contributed by atoms with E-state index in [2.05, 4.69) is 24.6 Å². The largest absolute Gasteiger partial charge is 0.476 e. The second-order valence-corrected chi connectivity index (χ2v) is 14.1. The van der Waals surface area contributed by atoms with E-state index in [-0.39, 0.29) is 21.7 Å². The van der Waals surface area contributed by atoms with E-state index < -0.39 is 15.4 Å². The molecule has 41 heavy (non-hydrogen) atoms. The number of anilines is 2. The average molecular weight is 593 g/mol. The number of benzene rings is 1. The molecular weight excluding hydrogens is 560 g/mol. The Kier molecular flexibility index (Phi) is 6.95. The molecule has 0 saturated heterocycles. The van der Waals surface area contributed by atoms with E-state index in [1.54, 1.807) is 30.3 Å². The van der Waals surface area contributed by atoms with E-state index in [1.807, 2.05) is 39.3 Å². The van der Waals surface area contributed by atoms with E-state index in [0.717, 1.165) is 71.3 Å². The molecule has 1 N–H and O–H groups in total. The fourth-order valence-corrected chi connectivity index (χ4v) is 7.81. The lowest BCUT2D eigenvalue weighted by atomic mass is 9.64. The highest BCUT2D eigenvalue weighted by atomic mass is 32.2. The van der Waals surface area contributed by atoms with Gasteiger partial charge in [0.05, 0.1) is 40.6 Å². The van der Waals surface area contributed by atoms with Crippen molar-refractivity contribution in [2.24, 2.45) is 0 Å². The van der Waals surface area contributed by atoms with E-state index in [9.17, 15) is 13.2 Å². The summed E-state index contributed by atoms with van der Waals surface area (Å²) in [5.74, 6) is 0.340. The van der Waals surface area contributed by atoms with Crippen LogP contribution in [0, 0.1) is 6.92 Å². The molecule has 12 heteroatoms. The molecule has 1 saturated carbocycles. The van der Waals surface area contributed by atoms with Gasteiger partial charge in [-0.25, -0.2) is 18.4 Å². The number of hydrogen-bond acceptors (Lipinski definition) is 9. The Morgan fingerprint density at radius 3 is 2.59 bits per heavy atom. The van der Waals surface area contributed by atoms with Crippen molar-refractivity contribution in [3.63, 3.8) is 0 Å². The van der Waals surface area contributed by atoms with Crippen molar-refractivity contribution in [3.05, 3.63) is 53.4 Å². The second kappa shape index (κ2) is 10.3. The Labute approximate surface area is 243 Å². The molecule has 1 amide bonds. The lowest BCUT2D eigenvalue weighted by Gasteiger charge is -2.37. The smallest absolute Gasteiger partial charge is 0.273 e. The first-order valence-corrected chi connectivity index (χ1v) is 15.8. The number of aryl methyl sites for hydroxylation is 1. The third-order valence-corrected chi connectivity index (χ3v) is 10.6. The molecule has 10 nitrogen and oxygen atoms in total. The van der Waals surface area contributed by atoms with Crippen molar-refractivity contribution in [1.82, 2.24) is 19.9 Å². The van der Waals surface area contributed by atoms with Crippen LogP contribution in [0.4, 0.5) is 11.4 Å². The van der Waals surface area contributed by atoms with Gasteiger partial charge < -0.3 is 14.5 Å². The summed E-state index contributed by atoms with van der Waals surface area (Å²) in [4.78, 5) is 30.3. The molecule has 214 valence electrons. The summed E-state index contributed by atoms with van der Waals surface area (Å²) in [5, 5.41) is 1.59. The number of pyridine rings is 2. The van der Waals surface area contributed by atoms with Crippen LogP contribution in [-0.4, -0.2) is 68.5 Å². The van der Waals surface area contributed by atoms with E-state index in [1.165, 1.54) is 6.20 Å². The maximum absolute atomic E-state index is 13.2. The van der Waals surface area contributed by atoms with Crippen LogP contribution in [-0.2, 0) is 20.2 Å². The Bertz CT molecular complexity index is 1760. The molecule has 3 aromatic heterocycles. The number of carbonyl (C=O) groups excluding carboxylic acids is 1. The van der Waals surface area contributed by atoms with Gasteiger partial charge in [0.25, 0.3) is 10.0 Å². The van der Waals surface area contributed by atoms with Gasteiger partial charge in [0.2, 0.25) is 11.8 Å². The first-order chi connectivity index (χ1) is 19.6. The Morgan fingerprint density at radius 2 is 1.90 bits per heavy atom. The van der Waals surface area contributed by atoms with Crippen molar-refractivity contribution in [2.45, 2.75) is 42.2 Å². The highest BCUT2D eigenvalue weighted by molar-refractivity contribution is 7.94. The Balaban J connectivity index is 1.40. The van der Waals surface area contributed by atoms with E-state index in [4.69, 9.17) is 4.74 Å². The van der Waals surface area contributed by atoms with Gasteiger partial charge in [-0.2, -0.15) is 0 Å². The predicted octanol–water partition coefficient (Wildman–Crippen LogP) is 4.59. The molecule has 1 aliphatic carbocycles. The molecule has 2 aliphatic rings. The maximum Gasteiger partial charge on any atom is 0.273 e. The molecule has 1 fully saturated rings.